The summed E-state index contributed by atoms with van der Waals surface area (Å²) in [6.07, 6.45) is 4.59. The molecule has 0 radical (unpaired) electrons. The van der Waals surface area contributed by atoms with Gasteiger partial charge in [-0.25, -0.2) is 4.39 Å². The Balaban J connectivity index is 2.06. The predicted molar refractivity (Wildman–Crippen MR) is 80.8 cm³/mol. The topological polar surface area (TPSA) is 46.5 Å². The molecule has 0 amide bonds. The van der Waals surface area contributed by atoms with Gasteiger partial charge in [0, 0.05) is 5.41 Å². The fourth-order valence-corrected chi connectivity index (χ4v) is 4.80. The van der Waals surface area contributed by atoms with Crippen LogP contribution in [0.1, 0.15) is 44.1 Å². The van der Waals surface area contributed by atoms with Gasteiger partial charge in [0.2, 0.25) is 0 Å². The number of hydrogen-bond donors (Lipinski definition) is 1. The molecule has 0 saturated heterocycles. The lowest BCUT2D eigenvalue weighted by Crippen LogP contribution is -2.52. The van der Waals surface area contributed by atoms with Crippen LogP contribution in [0.5, 0.6) is 0 Å². The molecule has 1 aromatic carbocycles. The summed E-state index contributed by atoms with van der Waals surface area (Å²) in [5.74, 6) is 0.00899. The number of halogens is 1. The lowest BCUT2D eigenvalue weighted by Gasteiger charge is -2.54. The van der Waals surface area contributed by atoms with Gasteiger partial charge in [0.05, 0.1) is 19.6 Å². The molecule has 2 saturated carbocycles. The molecule has 0 spiro atoms. The SMILES string of the molecule is COC(=O)CC1(c2ccc(F)cc2)C2CCCC1CC(O)C2. The van der Waals surface area contributed by atoms with Gasteiger partial charge in [-0.3, -0.25) is 4.79 Å². The maximum Gasteiger partial charge on any atom is 0.306 e. The van der Waals surface area contributed by atoms with Crippen molar-refractivity contribution >= 4 is 5.97 Å². The second-order valence-corrected chi connectivity index (χ2v) is 6.75. The molecule has 0 aliphatic heterocycles. The van der Waals surface area contributed by atoms with E-state index in [1.165, 1.54) is 19.2 Å². The first-order valence-corrected chi connectivity index (χ1v) is 8.07. The van der Waals surface area contributed by atoms with Gasteiger partial charge in [-0.15, -0.1) is 0 Å². The molecule has 3 nitrogen and oxygen atoms in total. The summed E-state index contributed by atoms with van der Waals surface area (Å²) in [6, 6.07) is 6.55. The standard InChI is InChI=1S/C18H23FO3/c1-22-17(21)11-18(12-5-7-15(19)8-6-12)13-3-2-4-14(18)10-16(20)9-13/h5-8,13-14,16,20H,2-4,9-11H2,1H3. The molecule has 0 heterocycles. The lowest BCUT2D eigenvalue weighted by molar-refractivity contribution is -0.146. The summed E-state index contributed by atoms with van der Waals surface area (Å²) in [5.41, 5.74) is 0.694. The number of ether oxygens (including phenoxy) is 1. The number of carbonyl (C=O) groups is 1. The fraction of sp³-hybridized carbons (Fsp3) is 0.611. The summed E-state index contributed by atoms with van der Waals surface area (Å²) < 4.78 is 18.3. The Hall–Kier alpha value is -1.42. The number of benzene rings is 1. The molecular weight excluding hydrogens is 283 g/mol. The molecule has 2 bridgehead atoms. The van der Waals surface area contributed by atoms with Crippen LogP contribution in [0.4, 0.5) is 4.39 Å². The van der Waals surface area contributed by atoms with E-state index in [0.717, 1.165) is 24.8 Å². The lowest BCUT2D eigenvalue weighted by atomic mass is 9.50. The maximum absolute atomic E-state index is 13.3. The molecular formula is C18H23FO3. The number of esters is 1. The third kappa shape index (κ3) is 2.54. The van der Waals surface area contributed by atoms with Crippen molar-refractivity contribution in [2.45, 2.75) is 50.0 Å². The molecule has 1 N–H and O–H groups in total. The Morgan fingerprint density at radius 1 is 1.27 bits per heavy atom. The van der Waals surface area contributed by atoms with Crippen molar-refractivity contribution < 1.29 is 19.0 Å². The van der Waals surface area contributed by atoms with E-state index in [2.05, 4.69) is 0 Å². The minimum absolute atomic E-state index is 0.224. The third-order valence-corrected chi connectivity index (χ3v) is 5.72. The van der Waals surface area contributed by atoms with Crippen molar-refractivity contribution in [1.82, 2.24) is 0 Å². The van der Waals surface area contributed by atoms with Crippen LogP contribution in [0.15, 0.2) is 24.3 Å². The molecule has 2 fully saturated rings. The van der Waals surface area contributed by atoms with Crippen LogP contribution in [0.3, 0.4) is 0 Å². The van der Waals surface area contributed by atoms with Crippen LogP contribution < -0.4 is 0 Å². The zero-order valence-corrected chi connectivity index (χ0v) is 12.9. The van der Waals surface area contributed by atoms with E-state index in [1.54, 1.807) is 12.1 Å². The van der Waals surface area contributed by atoms with E-state index in [4.69, 9.17) is 4.74 Å². The van der Waals surface area contributed by atoms with E-state index >= 15 is 0 Å². The Kier molecular flexibility index (Phi) is 4.22. The zero-order valence-electron chi connectivity index (χ0n) is 12.9. The van der Waals surface area contributed by atoms with Crippen molar-refractivity contribution in [3.63, 3.8) is 0 Å². The monoisotopic (exact) mass is 306 g/mol. The zero-order chi connectivity index (χ0) is 15.7. The van der Waals surface area contributed by atoms with Crippen LogP contribution in [-0.4, -0.2) is 24.3 Å². The smallest absolute Gasteiger partial charge is 0.306 e. The van der Waals surface area contributed by atoms with E-state index in [0.29, 0.717) is 19.3 Å². The van der Waals surface area contributed by atoms with Gasteiger partial charge in [0.25, 0.3) is 0 Å². The molecule has 0 aromatic heterocycles. The van der Waals surface area contributed by atoms with Crippen LogP contribution in [0, 0.1) is 17.7 Å². The molecule has 2 atom stereocenters. The van der Waals surface area contributed by atoms with Gasteiger partial charge in [-0.2, -0.15) is 0 Å². The average molecular weight is 306 g/mol. The predicted octanol–water partition coefficient (Wildman–Crippen LogP) is 3.20. The minimum atomic E-state index is -0.321. The normalized spacial score (nSPS) is 34.2. The Labute approximate surface area is 130 Å². The highest BCUT2D eigenvalue weighted by Crippen LogP contribution is 2.56. The number of aliphatic hydroxyl groups is 1. The van der Waals surface area contributed by atoms with Crippen LogP contribution in [0.25, 0.3) is 0 Å². The van der Waals surface area contributed by atoms with E-state index in [-0.39, 0.29) is 35.1 Å². The summed E-state index contributed by atoms with van der Waals surface area (Å²) in [7, 11) is 1.41. The Morgan fingerprint density at radius 2 is 1.86 bits per heavy atom. The van der Waals surface area contributed by atoms with Crippen molar-refractivity contribution in [1.29, 1.82) is 0 Å². The number of fused-ring (bicyclic) bond motifs is 2. The molecule has 2 unspecified atom stereocenters. The Morgan fingerprint density at radius 3 is 2.41 bits per heavy atom. The van der Waals surface area contributed by atoms with Crippen molar-refractivity contribution in [3.05, 3.63) is 35.6 Å². The van der Waals surface area contributed by atoms with E-state index < -0.39 is 0 Å². The van der Waals surface area contributed by atoms with Gasteiger partial charge in [0.1, 0.15) is 5.82 Å². The molecule has 22 heavy (non-hydrogen) atoms. The van der Waals surface area contributed by atoms with Crippen LogP contribution >= 0.6 is 0 Å². The number of carbonyl (C=O) groups excluding carboxylic acids is 1. The number of aliphatic hydroxyl groups excluding tert-OH is 1. The quantitative estimate of drug-likeness (QED) is 0.872. The summed E-state index contributed by atoms with van der Waals surface area (Å²) in [4.78, 5) is 12.1. The molecule has 2 aliphatic carbocycles. The van der Waals surface area contributed by atoms with Crippen LogP contribution in [0.2, 0.25) is 0 Å². The number of hydrogen-bond acceptors (Lipinski definition) is 3. The first-order valence-electron chi connectivity index (χ1n) is 8.07. The second-order valence-electron chi connectivity index (χ2n) is 6.75. The van der Waals surface area contributed by atoms with E-state index in [9.17, 15) is 14.3 Å². The first kappa shape index (κ1) is 15.5. The van der Waals surface area contributed by atoms with Crippen molar-refractivity contribution in [3.8, 4) is 0 Å². The third-order valence-electron chi connectivity index (χ3n) is 5.72. The first-order chi connectivity index (χ1) is 10.6. The summed E-state index contributed by atoms with van der Waals surface area (Å²) in [6.45, 7) is 0. The maximum atomic E-state index is 13.3. The highest BCUT2D eigenvalue weighted by atomic mass is 19.1. The highest BCUT2D eigenvalue weighted by molar-refractivity contribution is 5.71. The fourth-order valence-electron chi connectivity index (χ4n) is 4.80. The van der Waals surface area contributed by atoms with E-state index in [1.807, 2.05) is 0 Å². The average Bonchev–Trinajstić information content (AvgIpc) is 2.49. The molecule has 4 heteroatoms. The largest absolute Gasteiger partial charge is 0.469 e. The molecule has 1 aromatic rings. The van der Waals surface area contributed by atoms with Gasteiger partial charge in [-0.05, 0) is 55.2 Å². The molecule has 3 rings (SSSR count). The van der Waals surface area contributed by atoms with Gasteiger partial charge in [-0.1, -0.05) is 18.6 Å². The summed E-state index contributed by atoms with van der Waals surface area (Å²) in [5, 5.41) is 10.2. The van der Waals surface area contributed by atoms with Crippen molar-refractivity contribution in [2.24, 2.45) is 11.8 Å². The summed E-state index contributed by atoms with van der Waals surface area (Å²) >= 11 is 0. The van der Waals surface area contributed by atoms with Gasteiger partial charge in [0.15, 0.2) is 0 Å². The van der Waals surface area contributed by atoms with Crippen molar-refractivity contribution in [2.75, 3.05) is 7.11 Å². The minimum Gasteiger partial charge on any atom is -0.469 e. The second kappa shape index (κ2) is 5.99. The Bertz CT molecular complexity index is 526. The molecule has 2 aliphatic rings. The number of rotatable bonds is 3. The van der Waals surface area contributed by atoms with Crippen LogP contribution in [-0.2, 0) is 14.9 Å². The van der Waals surface area contributed by atoms with Gasteiger partial charge >= 0.3 is 5.97 Å². The molecule has 120 valence electrons. The van der Waals surface area contributed by atoms with Gasteiger partial charge < -0.3 is 9.84 Å². The number of methoxy groups -OCH3 is 1. The highest BCUT2D eigenvalue weighted by Gasteiger charge is 2.53.